The molecule has 3 rings (SSSR count). The second-order valence-corrected chi connectivity index (χ2v) is 8.36. The van der Waals surface area contributed by atoms with Crippen LogP contribution in [0, 0.1) is 11.3 Å². The van der Waals surface area contributed by atoms with E-state index in [1.165, 1.54) is 11.8 Å². The van der Waals surface area contributed by atoms with Crippen molar-refractivity contribution in [3.05, 3.63) is 52.9 Å². The lowest BCUT2D eigenvalue weighted by molar-refractivity contribution is -0.113. The molecule has 0 unspecified atom stereocenters. The quantitative estimate of drug-likeness (QED) is 0.335. The molecule has 2 aromatic carbocycles. The number of rotatable bonds is 7. The standard InChI is InChI=1S/C21H18N2O3S3/c1-3-25-18-11-14(7-8-17(18)26-10-9-22)12-19-20(24)23(21(27)29-19)15-5-4-6-16(13-15)28-2/h4-8,11-13H,3,10H2,1-2H3/b19-12-. The van der Waals surface area contributed by atoms with Crippen molar-refractivity contribution in [3.63, 3.8) is 0 Å². The van der Waals surface area contributed by atoms with E-state index in [0.29, 0.717) is 27.3 Å². The number of hydrogen-bond donors (Lipinski definition) is 0. The van der Waals surface area contributed by atoms with Crippen LogP contribution in [0.5, 0.6) is 11.5 Å². The predicted octanol–water partition coefficient (Wildman–Crippen LogP) is 5.12. The van der Waals surface area contributed by atoms with Gasteiger partial charge in [0.05, 0.1) is 17.2 Å². The minimum absolute atomic E-state index is 0.0623. The summed E-state index contributed by atoms with van der Waals surface area (Å²) in [5, 5.41) is 8.71. The fraction of sp³-hybridized carbons (Fsp3) is 0.190. The van der Waals surface area contributed by atoms with Gasteiger partial charge in [-0.1, -0.05) is 36.1 Å². The molecule has 1 saturated heterocycles. The van der Waals surface area contributed by atoms with Gasteiger partial charge in [-0.05, 0) is 55.2 Å². The average Bonchev–Trinajstić information content (AvgIpc) is 3.00. The van der Waals surface area contributed by atoms with Crippen molar-refractivity contribution in [2.75, 3.05) is 24.4 Å². The topological polar surface area (TPSA) is 62.6 Å². The van der Waals surface area contributed by atoms with Crippen molar-refractivity contribution in [2.24, 2.45) is 0 Å². The zero-order valence-corrected chi connectivity index (χ0v) is 18.3. The number of ether oxygens (including phenoxy) is 2. The monoisotopic (exact) mass is 442 g/mol. The van der Waals surface area contributed by atoms with E-state index in [1.54, 1.807) is 34.9 Å². The molecule has 0 spiro atoms. The Kier molecular flexibility index (Phi) is 7.20. The molecule has 5 nitrogen and oxygen atoms in total. The van der Waals surface area contributed by atoms with Crippen molar-refractivity contribution in [2.45, 2.75) is 11.8 Å². The molecule has 2 aromatic rings. The highest BCUT2D eigenvalue weighted by molar-refractivity contribution is 8.27. The van der Waals surface area contributed by atoms with E-state index in [-0.39, 0.29) is 12.5 Å². The van der Waals surface area contributed by atoms with E-state index < -0.39 is 0 Å². The first-order chi connectivity index (χ1) is 14.1. The molecule has 0 radical (unpaired) electrons. The lowest BCUT2D eigenvalue weighted by Crippen LogP contribution is -2.27. The van der Waals surface area contributed by atoms with Gasteiger partial charge in [0.25, 0.3) is 5.91 Å². The molecule has 1 fully saturated rings. The minimum atomic E-state index is -0.152. The van der Waals surface area contributed by atoms with Crippen LogP contribution in [0.3, 0.4) is 0 Å². The number of carbonyl (C=O) groups is 1. The first-order valence-corrected chi connectivity index (χ1v) is 11.2. The normalized spacial score (nSPS) is 14.9. The number of carbonyl (C=O) groups excluding carboxylic acids is 1. The third-order valence-electron chi connectivity index (χ3n) is 3.96. The lowest BCUT2D eigenvalue weighted by Gasteiger charge is -2.15. The van der Waals surface area contributed by atoms with Crippen molar-refractivity contribution in [1.82, 2.24) is 0 Å². The number of thiocarbonyl (C=S) groups is 1. The Morgan fingerprint density at radius 1 is 1.24 bits per heavy atom. The number of thioether (sulfide) groups is 2. The molecule has 0 N–H and O–H groups in total. The molecule has 0 aromatic heterocycles. The number of amides is 1. The van der Waals surface area contributed by atoms with E-state index >= 15 is 0 Å². The van der Waals surface area contributed by atoms with Crippen LogP contribution < -0.4 is 14.4 Å². The Morgan fingerprint density at radius 3 is 2.79 bits per heavy atom. The van der Waals surface area contributed by atoms with Crippen LogP contribution >= 0.6 is 35.7 Å². The summed E-state index contributed by atoms with van der Waals surface area (Å²) in [7, 11) is 0. The van der Waals surface area contributed by atoms with Gasteiger partial charge in [-0.25, -0.2) is 0 Å². The summed E-state index contributed by atoms with van der Waals surface area (Å²) in [5.41, 5.74) is 1.55. The third-order valence-corrected chi connectivity index (χ3v) is 5.99. The first-order valence-electron chi connectivity index (χ1n) is 8.76. The maximum Gasteiger partial charge on any atom is 0.270 e. The molecular formula is C21H18N2O3S3. The van der Waals surface area contributed by atoms with Gasteiger partial charge in [0.2, 0.25) is 0 Å². The maximum absolute atomic E-state index is 13.0. The van der Waals surface area contributed by atoms with Crippen LogP contribution in [0.4, 0.5) is 5.69 Å². The van der Waals surface area contributed by atoms with Crippen LogP contribution in [-0.2, 0) is 4.79 Å². The number of anilines is 1. The van der Waals surface area contributed by atoms with Gasteiger partial charge in [-0.15, -0.1) is 11.8 Å². The Balaban J connectivity index is 1.89. The van der Waals surface area contributed by atoms with E-state index in [2.05, 4.69) is 0 Å². The van der Waals surface area contributed by atoms with Gasteiger partial charge in [0, 0.05) is 4.90 Å². The maximum atomic E-state index is 13.0. The van der Waals surface area contributed by atoms with E-state index in [0.717, 1.165) is 16.1 Å². The third kappa shape index (κ3) is 4.93. The molecule has 1 aliphatic rings. The molecule has 0 bridgehead atoms. The summed E-state index contributed by atoms with van der Waals surface area (Å²) in [4.78, 5) is 16.1. The van der Waals surface area contributed by atoms with E-state index in [4.69, 9.17) is 27.0 Å². The van der Waals surface area contributed by atoms with Crippen LogP contribution in [0.1, 0.15) is 12.5 Å². The number of nitrogens with zero attached hydrogens (tertiary/aromatic N) is 2. The van der Waals surface area contributed by atoms with Crippen molar-refractivity contribution >= 4 is 57.7 Å². The average molecular weight is 443 g/mol. The molecule has 0 aliphatic carbocycles. The summed E-state index contributed by atoms with van der Waals surface area (Å²) in [5.74, 6) is 0.868. The second kappa shape index (κ2) is 9.83. The van der Waals surface area contributed by atoms with Crippen LogP contribution in [0.25, 0.3) is 6.08 Å². The fourth-order valence-electron chi connectivity index (χ4n) is 2.70. The second-order valence-electron chi connectivity index (χ2n) is 5.80. The molecule has 8 heteroatoms. The Morgan fingerprint density at radius 2 is 2.07 bits per heavy atom. The summed E-state index contributed by atoms with van der Waals surface area (Å²) < 4.78 is 11.5. The Bertz CT molecular complexity index is 1010. The summed E-state index contributed by atoms with van der Waals surface area (Å²) in [6.45, 7) is 2.27. The van der Waals surface area contributed by atoms with Gasteiger partial charge in [0.15, 0.2) is 22.4 Å². The molecule has 0 saturated carbocycles. The van der Waals surface area contributed by atoms with Crippen molar-refractivity contribution in [1.29, 1.82) is 5.26 Å². The summed E-state index contributed by atoms with van der Waals surface area (Å²) in [6.07, 6.45) is 3.78. The van der Waals surface area contributed by atoms with Gasteiger partial charge in [-0.3, -0.25) is 9.69 Å². The predicted molar refractivity (Wildman–Crippen MR) is 123 cm³/mol. The zero-order valence-electron chi connectivity index (χ0n) is 15.9. The van der Waals surface area contributed by atoms with Gasteiger partial charge in [0.1, 0.15) is 6.07 Å². The SMILES string of the molecule is CCOc1cc(/C=C2\SC(=S)N(c3cccc(SC)c3)C2=O)ccc1OCC#N. The van der Waals surface area contributed by atoms with E-state index in [1.807, 2.05) is 49.6 Å². The van der Waals surface area contributed by atoms with E-state index in [9.17, 15) is 4.79 Å². The Labute approximate surface area is 183 Å². The van der Waals surface area contributed by atoms with Crippen LogP contribution in [0.2, 0.25) is 0 Å². The van der Waals surface area contributed by atoms with Crippen molar-refractivity contribution in [3.8, 4) is 17.6 Å². The van der Waals surface area contributed by atoms with Crippen molar-refractivity contribution < 1.29 is 14.3 Å². The summed E-state index contributed by atoms with van der Waals surface area (Å²) >= 11 is 8.33. The molecule has 1 aliphatic heterocycles. The molecule has 0 atom stereocenters. The van der Waals surface area contributed by atoms with Gasteiger partial charge in [-0.2, -0.15) is 5.26 Å². The minimum Gasteiger partial charge on any atom is -0.490 e. The number of nitriles is 1. The van der Waals surface area contributed by atoms with Crippen LogP contribution in [-0.4, -0.2) is 29.7 Å². The molecule has 1 amide bonds. The lowest BCUT2D eigenvalue weighted by atomic mass is 10.1. The molecule has 1 heterocycles. The van der Waals surface area contributed by atoms with Gasteiger partial charge < -0.3 is 9.47 Å². The molecular weight excluding hydrogens is 424 g/mol. The fourth-order valence-corrected chi connectivity index (χ4v) is 4.46. The first kappa shape index (κ1) is 21.2. The highest BCUT2D eigenvalue weighted by Gasteiger charge is 2.33. The number of hydrogen-bond acceptors (Lipinski definition) is 7. The highest BCUT2D eigenvalue weighted by Crippen LogP contribution is 2.38. The largest absolute Gasteiger partial charge is 0.490 e. The van der Waals surface area contributed by atoms with Gasteiger partial charge >= 0.3 is 0 Å². The molecule has 148 valence electrons. The van der Waals surface area contributed by atoms with Crippen LogP contribution in [0.15, 0.2) is 52.3 Å². The Hall–Kier alpha value is -2.47. The summed E-state index contributed by atoms with van der Waals surface area (Å²) in [6, 6.07) is 15.0. The zero-order chi connectivity index (χ0) is 20.8. The smallest absolute Gasteiger partial charge is 0.270 e. The molecule has 29 heavy (non-hydrogen) atoms. The number of benzene rings is 2. The highest BCUT2D eigenvalue weighted by atomic mass is 32.2.